The Morgan fingerprint density at radius 1 is 1.27 bits per heavy atom. The molecular formula is C24H34O6. The maximum absolute atomic E-state index is 11.5. The fraction of sp³-hybridized carbons (Fsp3) is 0.542. The minimum Gasteiger partial charge on any atom is -0.491 e. The van der Waals surface area contributed by atoms with Crippen LogP contribution in [0.3, 0.4) is 0 Å². The molecule has 1 saturated heterocycles. The van der Waals surface area contributed by atoms with Crippen molar-refractivity contribution in [3.63, 3.8) is 0 Å². The van der Waals surface area contributed by atoms with Crippen molar-refractivity contribution < 1.29 is 29.2 Å². The van der Waals surface area contributed by atoms with Crippen molar-refractivity contribution >= 4 is 5.97 Å². The predicted molar refractivity (Wildman–Crippen MR) is 115 cm³/mol. The summed E-state index contributed by atoms with van der Waals surface area (Å²) in [5.74, 6) is 0.474. The zero-order valence-electron chi connectivity index (χ0n) is 17.9. The van der Waals surface area contributed by atoms with Gasteiger partial charge in [-0.2, -0.15) is 0 Å². The third-order valence-corrected chi connectivity index (χ3v) is 4.76. The third kappa shape index (κ3) is 9.11. The maximum Gasteiger partial charge on any atom is 0.306 e. The summed E-state index contributed by atoms with van der Waals surface area (Å²) < 4.78 is 16.3. The molecule has 6 nitrogen and oxygen atoms in total. The summed E-state index contributed by atoms with van der Waals surface area (Å²) in [4.78, 5) is 11.5. The minimum absolute atomic E-state index is 0.0642. The van der Waals surface area contributed by atoms with Crippen LogP contribution in [0.1, 0.15) is 39.5 Å². The molecule has 0 radical (unpaired) electrons. The van der Waals surface area contributed by atoms with Gasteiger partial charge in [0.2, 0.25) is 0 Å². The van der Waals surface area contributed by atoms with Crippen LogP contribution < -0.4 is 4.74 Å². The molecule has 2 N–H and O–H groups in total. The smallest absolute Gasteiger partial charge is 0.306 e. The summed E-state index contributed by atoms with van der Waals surface area (Å²) in [7, 11) is 0. The number of carbonyl (C=O) groups excluding carboxylic acids is 1. The molecule has 1 aromatic carbocycles. The fourth-order valence-corrected chi connectivity index (χ4v) is 3.21. The van der Waals surface area contributed by atoms with Crippen LogP contribution in [0.25, 0.3) is 0 Å². The number of benzene rings is 1. The molecule has 30 heavy (non-hydrogen) atoms. The number of hydrogen-bond acceptors (Lipinski definition) is 6. The van der Waals surface area contributed by atoms with E-state index in [0.29, 0.717) is 18.6 Å². The van der Waals surface area contributed by atoms with Gasteiger partial charge in [0.05, 0.1) is 24.9 Å². The lowest BCUT2D eigenvalue weighted by Gasteiger charge is -2.16. The summed E-state index contributed by atoms with van der Waals surface area (Å²) in [6, 6.07) is 9.33. The maximum atomic E-state index is 11.5. The van der Waals surface area contributed by atoms with Crippen LogP contribution in [0.15, 0.2) is 54.6 Å². The van der Waals surface area contributed by atoms with Gasteiger partial charge >= 0.3 is 5.97 Å². The summed E-state index contributed by atoms with van der Waals surface area (Å²) >= 11 is 0. The Hall–Kier alpha value is -2.15. The van der Waals surface area contributed by atoms with Gasteiger partial charge in [0.1, 0.15) is 18.5 Å². The van der Waals surface area contributed by atoms with Gasteiger partial charge in [0.15, 0.2) is 0 Å². The Morgan fingerprint density at radius 3 is 2.77 bits per heavy atom. The molecule has 0 bridgehead atoms. The van der Waals surface area contributed by atoms with Crippen LogP contribution in [-0.2, 0) is 14.3 Å². The van der Waals surface area contributed by atoms with E-state index in [1.807, 2.05) is 56.3 Å². The second kappa shape index (κ2) is 13.2. The summed E-state index contributed by atoms with van der Waals surface area (Å²) in [5, 5.41) is 20.3. The van der Waals surface area contributed by atoms with Crippen molar-refractivity contribution in [3.8, 4) is 5.75 Å². The van der Waals surface area contributed by atoms with Crippen molar-refractivity contribution in [3.05, 3.63) is 54.6 Å². The van der Waals surface area contributed by atoms with Crippen LogP contribution in [0, 0.1) is 5.92 Å². The first kappa shape index (κ1) is 24.1. The monoisotopic (exact) mass is 418 g/mol. The van der Waals surface area contributed by atoms with E-state index >= 15 is 0 Å². The molecule has 6 heteroatoms. The predicted octanol–water partition coefficient (Wildman–Crippen LogP) is 3.43. The van der Waals surface area contributed by atoms with Gasteiger partial charge in [0, 0.05) is 12.3 Å². The lowest BCUT2D eigenvalue weighted by Crippen LogP contribution is -2.23. The average molecular weight is 419 g/mol. The summed E-state index contributed by atoms with van der Waals surface area (Å²) in [5.41, 5.74) is 0. The zero-order valence-corrected chi connectivity index (χ0v) is 17.9. The Bertz CT molecular complexity index is 670. The number of aliphatic hydroxyl groups is 2. The van der Waals surface area contributed by atoms with Crippen molar-refractivity contribution in [2.24, 2.45) is 5.92 Å². The van der Waals surface area contributed by atoms with Crippen LogP contribution >= 0.6 is 0 Å². The van der Waals surface area contributed by atoms with Crippen molar-refractivity contribution in [1.82, 2.24) is 0 Å². The second-order valence-electron chi connectivity index (χ2n) is 7.74. The molecule has 166 valence electrons. The van der Waals surface area contributed by atoms with E-state index in [1.165, 1.54) is 0 Å². The molecule has 4 atom stereocenters. The van der Waals surface area contributed by atoms with E-state index in [-0.39, 0.29) is 37.3 Å². The largest absolute Gasteiger partial charge is 0.491 e. The molecular weight excluding hydrogens is 384 g/mol. The van der Waals surface area contributed by atoms with E-state index < -0.39 is 12.2 Å². The first-order valence-electron chi connectivity index (χ1n) is 10.6. The number of rotatable bonds is 12. The van der Waals surface area contributed by atoms with Gasteiger partial charge < -0.3 is 24.4 Å². The van der Waals surface area contributed by atoms with E-state index in [0.717, 1.165) is 12.8 Å². The Balaban J connectivity index is 1.70. The van der Waals surface area contributed by atoms with E-state index in [1.54, 1.807) is 12.2 Å². The quantitative estimate of drug-likeness (QED) is 0.307. The first-order valence-corrected chi connectivity index (χ1v) is 10.6. The highest BCUT2D eigenvalue weighted by molar-refractivity contribution is 5.69. The van der Waals surface area contributed by atoms with Crippen LogP contribution in [-0.4, -0.2) is 53.8 Å². The Morgan fingerprint density at radius 2 is 2.03 bits per heavy atom. The van der Waals surface area contributed by atoms with Gasteiger partial charge in [-0.05, 0) is 45.2 Å². The topological polar surface area (TPSA) is 85.2 Å². The van der Waals surface area contributed by atoms with Gasteiger partial charge in [-0.15, -0.1) is 0 Å². The van der Waals surface area contributed by atoms with Crippen molar-refractivity contribution in [2.75, 3.05) is 13.2 Å². The lowest BCUT2D eigenvalue weighted by atomic mass is 9.94. The average Bonchev–Trinajstić information content (AvgIpc) is 3.07. The summed E-state index contributed by atoms with van der Waals surface area (Å²) in [6.45, 7) is 4.12. The number of aliphatic hydroxyl groups excluding tert-OH is 2. The van der Waals surface area contributed by atoms with Crippen LogP contribution in [0.4, 0.5) is 0 Å². The van der Waals surface area contributed by atoms with E-state index in [9.17, 15) is 15.0 Å². The first-order chi connectivity index (χ1) is 14.5. The highest BCUT2D eigenvalue weighted by atomic mass is 16.5. The van der Waals surface area contributed by atoms with Gasteiger partial charge in [-0.3, -0.25) is 4.79 Å². The molecule has 1 aliphatic heterocycles. The van der Waals surface area contributed by atoms with Crippen molar-refractivity contribution in [2.45, 2.75) is 63.9 Å². The van der Waals surface area contributed by atoms with E-state index in [4.69, 9.17) is 14.2 Å². The second-order valence-corrected chi connectivity index (χ2v) is 7.74. The highest BCUT2D eigenvalue weighted by Gasteiger charge is 2.33. The number of carbonyl (C=O) groups is 1. The number of para-hydroxylation sites is 1. The minimum atomic E-state index is -0.756. The third-order valence-electron chi connectivity index (χ3n) is 4.76. The molecule has 0 amide bonds. The standard InChI is InChI=1S/C24H34O6/c1-18(2)30-24(27)13-9-4-3-8-12-21-22(26)17-29-23(21)15-14-19(25)16-28-20-10-6-5-7-11-20/h3,5-8,10-11,14-15,18-19,21-23,25-26H,4,9,12-13,16-17H2,1-2H3/t19-,21-,22-,23+/m0/s1. The highest BCUT2D eigenvalue weighted by Crippen LogP contribution is 2.26. The zero-order chi connectivity index (χ0) is 21.8. The lowest BCUT2D eigenvalue weighted by molar-refractivity contribution is -0.147. The molecule has 1 aliphatic rings. The molecule has 1 aromatic rings. The van der Waals surface area contributed by atoms with Gasteiger partial charge in [-0.1, -0.05) is 42.5 Å². The normalized spacial score (nSPS) is 22.8. The molecule has 1 heterocycles. The fourth-order valence-electron chi connectivity index (χ4n) is 3.21. The number of ether oxygens (including phenoxy) is 3. The molecule has 2 rings (SSSR count). The molecule has 0 aromatic heterocycles. The Labute approximate surface area is 179 Å². The number of hydrogen-bond donors (Lipinski definition) is 2. The van der Waals surface area contributed by atoms with Crippen LogP contribution in [0.2, 0.25) is 0 Å². The molecule has 1 fully saturated rings. The molecule has 0 spiro atoms. The Kier molecular flexibility index (Phi) is 10.6. The van der Waals surface area contributed by atoms with Crippen LogP contribution in [0.5, 0.6) is 5.75 Å². The molecule has 0 unspecified atom stereocenters. The van der Waals surface area contributed by atoms with Gasteiger partial charge in [-0.25, -0.2) is 0 Å². The molecule has 0 aliphatic carbocycles. The van der Waals surface area contributed by atoms with E-state index in [2.05, 4.69) is 0 Å². The SMILES string of the molecule is CC(C)OC(=O)CCCC=CC[C@H]1[C@@H](O)CO[C@@H]1C=C[C@H](O)COc1ccccc1. The number of esters is 1. The van der Waals surface area contributed by atoms with Gasteiger partial charge in [0.25, 0.3) is 0 Å². The number of allylic oxidation sites excluding steroid dienone is 2. The number of unbranched alkanes of at least 4 members (excludes halogenated alkanes) is 1. The van der Waals surface area contributed by atoms with Crippen molar-refractivity contribution in [1.29, 1.82) is 0 Å². The summed E-state index contributed by atoms with van der Waals surface area (Å²) in [6.07, 6.45) is 8.48. The molecule has 0 saturated carbocycles.